The highest BCUT2D eigenvalue weighted by Gasteiger charge is 2.17. The van der Waals surface area contributed by atoms with E-state index in [1.165, 1.54) is 17.3 Å². The van der Waals surface area contributed by atoms with E-state index in [1.807, 2.05) is 30.3 Å². The number of benzene rings is 1. The Kier molecular flexibility index (Phi) is 4.21. The van der Waals surface area contributed by atoms with Crippen LogP contribution in [0.3, 0.4) is 0 Å². The Morgan fingerprint density at radius 2 is 2.00 bits per heavy atom. The van der Waals surface area contributed by atoms with Crippen molar-refractivity contribution in [3.8, 4) is 17.1 Å². The molecule has 4 aromatic rings. The molecule has 0 saturated heterocycles. The first-order chi connectivity index (χ1) is 12.8. The molecule has 0 aliphatic rings. The van der Waals surface area contributed by atoms with Crippen LogP contribution in [0.25, 0.3) is 17.1 Å². The average Bonchev–Trinajstić information content (AvgIpc) is 3.39. The summed E-state index contributed by atoms with van der Waals surface area (Å²) in [4.78, 5) is 24.6. The van der Waals surface area contributed by atoms with Crippen LogP contribution in [0.2, 0.25) is 0 Å². The highest BCUT2D eigenvalue weighted by Crippen LogP contribution is 2.20. The molecular formula is C18H13N5O3. The monoisotopic (exact) mass is 347 g/mol. The maximum Gasteiger partial charge on any atom is 0.342 e. The molecule has 3 aromatic heterocycles. The maximum absolute atomic E-state index is 12.4. The van der Waals surface area contributed by atoms with Gasteiger partial charge in [0.15, 0.2) is 18.2 Å². The third-order valence-corrected chi connectivity index (χ3v) is 3.58. The number of pyridine rings is 1. The van der Waals surface area contributed by atoms with Crippen LogP contribution < -0.4 is 0 Å². The van der Waals surface area contributed by atoms with E-state index in [9.17, 15) is 4.79 Å². The molecule has 0 bridgehead atoms. The van der Waals surface area contributed by atoms with E-state index in [2.05, 4.69) is 20.1 Å². The van der Waals surface area contributed by atoms with Crippen molar-refractivity contribution in [1.29, 1.82) is 0 Å². The largest absolute Gasteiger partial charge is 0.452 e. The number of carbonyl (C=O) groups is 1. The smallest absolute Gasteiger partial charge is 0.342 e. The minimum Gasteiger partial charge on any atom is -0.452 e. The van der Waals surface area contributed by atoms with Gasteiger partial charge < -0.3 is 9.15 Å². The van der Waals surface area contributed by atoms with Crippen LogP contribution in [0.1, 0.15) is 16.2 Å². The summed E-state index contributed by atoms with van der Waals surface area (Å²) in [5.41, 5.74) is 1.17. The van der Waals surface area contributed by atoms with E-state index in [0.717, 1.165) is 5.56 Å². The Labute approximate surface area is 148 Å². The fourth-order valence-electron chi connectivity index (χ4n) is 2.37. The minimum absolute atomic E-state index is 0.0860. The molecule has 1 aromatic carbocycles. The zero-order valence-corrected chi connectivity index (χ0v) is 13.5. The Morgan fingerprint density at radius 1 is 1.12 bits per heavy atom. The van der Waals surface area contributed by atoms with Gasteiger partial charge in [-0.2, -0.15) is 5.10 Å². The summed E-state index contributed by atoms with van der Waals surface area (Å²) in [7, 11) is 0. The number of hydrogen-bond donors (Lipinski definition) is 0. The summed E-state index contributed by atoms with van der Waals surface area (Å²) in [5, 5.41) is 3.99. The third kappa shape index (κ3) is 3.20. The van der Waals surface area contributed by atoms with Crippen molar-refractivity contribution in [1.82, 2.24) is 24.7 Å². The standard InChI is InChI=1S/C18H13N5O3/c24-18(14-7-4-8-20-17(14)23-12-19-11-22-23)25-10-16-21-9-15(26-16)13-5-2-1-3-6-13/h1-9,11-12H,10H2. The number of nitrogens with zero attached hydrogens (tertiary/aromatic N) is 5. The number of oxazole rings is 1. The SMILES string of the molecule is O=C(OCc1ncc(-c2ccccc2)o1)c1cccnc1-n1cncn1. The molecule has 4 rings (SSSR count). The Balaban J connectivity index is 1.48. The fourth-order valence-corrected chi connectivity index (χ4v) is 2.37. The predicted molar refractivity (Wildman–Crippen MR) is 90.2 cm³/mol. The summed E-state index contributed by atoms with van der Waals surface area (Å²) in [6.07, 6.45) is 5.98. The first-order valence-corrected chi connectivity index (χ1v) is 7.78. The number of aromatic nitrogens is 5. The second kappa shape index (κ2) is 6.98. The number of rotatable bonds is 5. The van der Waals surface area contributed by atoms with Crippen LogP contribution in [0.15, 0.2) is 71.9 Å². The van der Waals surface area contributed by atoms with Crippen LogP contribution in [0.5, 0.6) is 0 Å². The third-order valence-electron chi connectivity index (χ3n) is 3.58. The van der Waals surface area contributed by atoms with E-state index < -0.39 is 5.97 Å². The lowest BCUT2D eigenvalue weighted by Gasteiger charge is -2.07. The van der Waals surface area contributed by atoms with E-state index in [1.54, 1.807) is 24.5 Å². The number of hydrogen-bond acceptors (Lipinski definition) is 7. The van der Waals surface area contributed by atoms with Gasteiger partial charge >= 0.3 is 5.97 Å². The summed E-state index contributed by atoms with van der Waals surface area (Å²) in [6, 6.07) is 12.8. The topological polar surface area (TPSA) is 95.9 Å². The maximum atomic E-state index is 12.4. The van der Waals surface area contributed by atoms with E-state index >= 15 is 0 Å². The molecule has 0 fully saturated rings. The van der Waals surface area contributed by atoms with E-state index in [0.29, 0.717) is 17.5 Å². The molecule has 26 heavy (non-hydrogen) atoms. The second-order valence-corrected chi connectivity index (χ2v) is 5.28. The van der Waals surface area contributed by atoms with E-state index in [-0.39, 0.29) is 12.2 Å². The van der Waals surface area contributed by atoms with Crippen LogP contribution in [0, 0.1) is 0 Å². The summed E-state index contributed by atoms with van der Waals surface area (Å²) in [5.74, 6) is 0.708. The van der Waals surface area contributed by atoms with Gasteiger partial charge in [-0.05, 0) is 12.1 Å². The molecule has 0 saturated carbocycles. The van der Waals surface area contributed by atoms with Crippen molar-refractivity contribution in [2.24, 2.45) is 0 Å². The zero-order chi connectivity index (χ0) is 17.8. The van der Waals surface area contributed by atoms with Crippen molar-refractivity contribution in [3.63, 3.8) is 0 Å². The van der Waals surface area contributed by atoms with Crippen molar-refractivity contribution in [2.75, 3.05) is 0 Å². The normalized spacial score (nSPS) is 10.6. The van der Waals surface area contributed by atoms with Crippen LogP contribution in [-0.4, -0.2) is 30.7 Å². The molecule has 128 valence electrons. The molecule has 0 amide bonds. The minimum atomic E-state index is -0.553. The molecule has 0 aliphatic carbocycles. The fraction of sp³-hybridized carbons (Fsp3) is 0.0556. The summed E-state index contributed by atoms with van der Waals surface area (Å²) >= 11 is 0. The van der Waals surface area contributed by atoms with Crippen molar-refractivity contribution < 1.29 is 13.9 Å². The lowest BCUT2D eigenvalue weighted by Crippen LogP contribution is -2.11. The van der Waals surface area contributed by atoms with Gasteiger partial charge in [-0.25, -0.2) is 24.4 Å². The van der Waals surface area contributed by atoms with E-state index in [4.69, 9.17) is 9.15 Å². The molecule has 0 unspecified atom stereocenters. The molecule has 8 nitrogen and oxygen atoms in total. The number of ether oxygens (including phenoxy) is 1. The Hall–Kier alpha value is -3.81. The van der Waals surface area contributed by atoms with Gasteiger partial charge in [0.25, 0.3) is 0 Å². The molecule has 3 heterocycles. The Morgan fingerprint density at radius 3 is 2.81 bits per heavy atom. The van der Waals surface area contributed by atoms with Crippen molar-refractivity contribution in [2.45, 2.75) is 6.61 Å². The van der Waals surface area contributed by atoms with Crippen molar-refractivity contribution >= 4 is 5.97 Å². The Bertz CT molecular complexity index is 1010. The van der Waals surface area contributed by atoms with Crippen LogP contribution in [0.4, 0.5) is 0 Å². The summed E-state index contributed by atoms with van der Waals surface area (Å²) in [6.45, 7) is -0.0860. The molecule has 0 spiro atoms. The number of esters is 1. The molecule has 0 radical (unpaired) electrons. The lowest BCUT2D eigenvalue weighted by atomic mass is 10.2. The predicted octanol–water partition coefficient (Wildman–Crippen LogP) is 2.67. The first kappa shape index (κ1) is 15.7. The lowest BCUT2D eigenvalue weighted by molar-refractivity contribution is 0.0438. The van der Waals surface area contributed by atoms with Gasteiger partial charge in [-0.3, -0.25) is 0 Å². The second-order valence-electron chi connectivity index (χ2n) is 5.28. The molecular weight excluding hydrogens is 334 g/mol. The zero-order valence-electron chi connectivity index (χ0n) is 13.5. The van der Waals surface area contributed by atoms with Gasteiger partial charge in [-0.15, -0.1) is 0 Å². The average molecular weight is 347 g/mol. The van der Waals surface area contributed by atoms with Gasteiger partial charge in [0.1, 0.15) is 18.2 Å². The van der Waals surface area contributed by atoms with Crippen LogP contribution in [-0.2, 0) is 11.3 Å². The molecule has 8 heteroatoms. The molecule has 0 atom stereocenters. The highest BCUT2D eigenvalue weighted by atomic mass is 16.5. The quantitative estimate of drug-likeness (QED) is 0.512. The molecule has 0 aliphatic heterocycles. The number of carbonyl (C=O) groups excluding carboxylic acids is 1. The van der Waals surface area contributed by atoms with Gasteiger partial charge in [-0.1, -0.05) is 30.3 Å². The van der Waals surface area contributed by atoms with Crippen molar-refractivity contribution in [3.05, 3.63) is 79.0 Å². The van der Waals surface area contributed by atoms with Gasteiger partial charge in [0.2, 0.25) is 5.89 Å². The van der Waals surface area contributed by atoms with Gasteiger partial charge in [0.05, 0.1) is 6.20 Å². The van der Waals surface area contributed by atoms with Crippen LogP contribution >= 0.6 is 0 Å². The first-order valence-electron chi connectivity index (χ1n) is 7.78. The summed E-state index contributed by atoms with van der Waals surface area (Å²) < 4.78 is 12.3. The highest BCUT2D eigenvalue weighted by molar-refractivity contribution is 5.92. The molecule has 0 N–H and O–H groups in total. The van der Waals surface area contributed by atoms with Gasteiger partial charge in [0, 0.05) is 11.8 Å².